The molecular formula is C10H17N3O2. The molecule has 0 N–H and O–H groups in total. The van der Waals surface area contributed by atoms with Crippen LogP contribution in [0.15, 0.2) is 4.52 Å². The zero-order valence-electron chi connectivity index (χ0n) is 9.43. The van der Waals surface area contributed by atoms with E-state index in [4.69, 9.17) is 9.26 Å². The Morgan fingerprint density at radius 2 is 2.27 bits per heavy atom. The van der Waals surface area contributed by atoms with Gasteiger partial charge in [0, 0.05) is 19.1 Å². The molecule has 1 atom stereocenters. The Labute approximate surface area is 89.4 Å². The van der Waals surface area contributed by atoms with E-state index < -0.39 is 0 Å². The summed E-state index contributed by atoms with van der Waals surface area (Å²) in [6.45, 7) is 8.71. The van der Waals surface area contributed by atoms with Crippen molar-refractivity contribution in [2.45, 2.75) is 32.9 Å². The van der Waals surface area contributed by atoms with Gasteiger partial charge in [-0.1, -0.05) is 5.16 Å². The Balaban J connectivity index is 2.04. The Morgan fingerprint density at radius 1 is 1.47 bits per heavy atom. The van der Waals surface area contributed by atoms with E-state index in [2.05, 4.69) is 28.9 Å². The maximum atomic E-state index is 5.62. The van der Waals surface area contributed by atoms with Crippen LogP contribution in [0, 0.1) is 6.92 Å². The van der Waals surface area contributed by atoms with Crippen molar-refractivity contribution in [3.8, 4) is 0 Å². The van der Waals surface area contributed by atoms with E-state index in [0.29, 0.717) is 17.8 Å². The highest BCUT2D eigenvalue weighted by Gasteiger charge is 2.27. The van der Waals surface area contributed by atoms with Crippen LogP contribution in [0.25, 0.3) is 0 Å². The normalized spacial score (nSPS) is 23.6. The molecule has 0 bridgehead atoms. The van der Waals surface area contributed by atoms with Gasteiger partial charge >= 0.3 is 0 Å². The zero-order valence-corrected chi connectivity index (χ0v) is 9.43. The van der Waals surface area contributed by atoms with Gasteiger partial charge in [-0.2, -0.15) is 4.98 Å². The van der Waals surface area contributed by atoms with Gasteiger partial charge in [-0.15, -0.1) is 0 Å². The van der Waals surface area contributed by atoms with E-state index in [1.54, 1.807) is 0 Å². The number of morpholine rings is 1. The summed E-state index contributed by atoms with van der Waals surface area (Å²) in [5.74, 6) is 1.26. The minimum absolute atomic E-state index is 0.0673. The summed E-state index contributed by atoms with van der Waals surface area (Å²) in [5.41, 5.74) is 0. The van der Waals surface area contributed by atoms with Crippen LogP contribution in [-0.2, 0) is 4.74 Å². The SMILES string of the molecule is Cc1noc(C2CN(C(C)C)CCO2)n1. The molecule has 1 saturated heterocycles. The first-order valence-corrected chi connectivity index (χ1v) is 5.32. The van der Waals surface area contributed by atoms with Crippen molar-refractivity contribution in [3.63, 3.8) is 0 Å². The van der Waals surface area contributed by atoms with Crippen molar-refractivity contribution >= 4 is 0 Å². The minimum atomic E-state index is -0.0673. The average molecular weight is 211 g/mol. The van der Waals surface area contributed by atoms with Gasteiger partial charge in [0.25, 0.3) is 5.89 Å². The fraction of sp³-hybridized carbons (Fsp3) is 0.800. The average Bonchev–Trinajstić information content (AvgIpc) is 2.65. The molecule has 2 rings (SSSR count). The molecule has 1 fully saturated rings. The molecule has 5 nitrogen and oxygen atoms in total. The second kappa shape index (κ2) is 4.28. The van der Waals surface area contributed by atoms with E-state index in [1.165, 1.54) is 0 Å². The lowest BCUT2D eigenvalue weighted by Crippen LogP contribution is -2.42. The van der Waals surface area contributed by atoms with Crippen molar-refractivity contribution in [1.29, 1.82) is 0 Å². The van der Waals surface area contributed by atoms with Gasteiger partial charge in [0.05, 0.1) is 6.61 Å². The summed E-state index contributed by atoms with van der Waals surface area (Å²) in [5, 5.41) is 3.78. The highest BCUT2D eigenvalue weighted by molar-refractivity contribution is 4.91. The van der Waals surface area contributed by atoms with Crippen LogP contribution in [0.3, 0.4) is 0 Å². The lowest BCUT2D eigenvalue weighted by Gasteiger charge is -2.33. The van der Waals surface area contributed by atoms with Gasteiger partial charge in [0.1, 0.15) is 6.10 Å². The van der Waals surface area contributed by atoms with Crippen molar-refractivity contribution in [1.82, 2.24) is 15.0 Å². The first-order valence-electron chi connectivity index (χ1n) is 5.32. The second-order valence-corrected chi connectivity index (χ2v) is 4.13. The number of hydrogen-bond acceptors (Lipinski definition) is 5. The molecule has 0 aliphatic carbocycles. The highest BCUT2D eigenvalue weighted by atomic mass is 16.5. The van der Waals surface area contributed by atoms with Gasteiger partial charge in [-0.05, 0) is 20.8 Å². The minimum Gasteiger partial charge on any atom is -0.366 e. The van der Waals surface area contributed by atoms with Crippen molar-refractivity contribution in [3.05, 3.63) is 11.7 Å². The fourth-order valence-corrected chi connectivity index (χ4v) is 1.73. The summed E-state index contributed by atoms with van der Waals surface area (Å²) in [6.07, 6.45) is -0.0673. The Kier molecular flexibility index (Phi) is 3.02. The molecule has 1 aromatic rings. The van der Waals surface area contributed by atoms with Gasteiger partial charge in [0.2, 0.25) is 0 Å². The number of ether oxygens (including phenoxy) is 1. The summed E-state index contributed by atoms with van der Waals surface area (Å²) in [7, 11) is 0. The third-order valence-corrected chi connectivity index (χ3v) is 2.65. The third kappa shape index (κ3) is 2.35. The predicted molar refractivity (Wildman–Crippen MR) is 54.4 cm³/mol. The molecule has 0 saturated carbocycles. The first kappa shape index (κ1) is 10.6. The molecule has 1 unspecified atom stereocenters. The molecule has 0 amide bonds. The van der Waals surface area contributed by atoms with Gasteiger partial charge in [-0.25, -0.2) is 0 Å². The molecule has 1 aromatic heterocycles. The number of nitrogens with zero attached hydrogens (tertiary/aromatic N) is 3. The van der Waals surface area contributed by atoms with Crippen LogP contribution in [0.2, 0.25) is 0 Å². The molecule has 0 radical (unpaired) electrons. The molecule has 15 heavy (non-hydrogen) atoms. The molecule has 1 aliphatic rings. The van der Waals surface area contributed by atoms with Crippen LogP contribution in [-0.4, -0.2) is 40.8 Å². The number of hydrogen-bond donors (Lipinski definition) is 0. The summed E-state index contributed by atoms with van der Waals surface area (Å²) < 4.78 is 10.7. The van der Waals surface area contributed by atoms with E-state index >= 15 is 0 Å². The fourth-order valence-electron chi connectivity index (χ4n) is 1.73. The maximum Gasteiger partial charge on any atom is 0.257 e. The summed E-state index contributed by atoms with van der Waals surface area (Å²) in [6, 6.07) is 0.528. The van der Waals surface area contributed by atoms with Gasteiger partial charge in [0.15, 0.2) is 5.82 Å². The van der Waals surface area contributed by atoms with Crippen LogP contribution >= 0.6 is 0 Å². The molecule has 1 aliphatic heterocycles. The van der Waals surface area contributed by atoms with Crippen molar-refractivity contribution in [2.75, 3.05) is 19.7 Å². The van der Waals surface area contributed by atoms with E-state index in [1.807, 2.05) is 6.92 Å². The number of rotatable bonds is 2. The second-order valence-electron chi connectivity index (χ2n) is 4.13. The van der Waals surface area contributed by atoms with Crippen LogP contribution < -0.4 is 0 Å². The number of aromatic nitrogens is 2. The lowest BCUT2D eigenvalue weighted by atomic mass is 10.2. The Bertz CT molecular complexity index is 324. The Morgan fingerprint density at radius 3 is 2.87 bits per heavy atom. The lowest BCUT2D eigenvalue weighted by molar-refractivity contribution is -0.0539. The molecule has 84 valence electrons. The first-order chi connectivity index (χ1) is 7.16. The Hall–Kier alpha value is -0.940. The summed E-state index contributed by atoms with van der Waals surface area (Å²) in [4.78, 5) is 6.55. The topological polar surface area (TPSA) is 51.4 Å². The quantitative estimate of drug-likeness (QED) is 0.734. The molecule has 5 heteroatoms. The number of aryl methyl sites for hydroxylation is 1. The maximum absolute atomic E-state index is 5.62. The molecule has 0 aromatic carbocycles. The monoisotopic (exact) mass is 211 g/mol. The van der Waals surface area contributed by atoms with Crippen molar-refractivity contribution < 1.29 is 9.26 Å². The van der Waals surface area contributed by atoms with E-state index in [9.17, 15) is 0 Å². The van der Waals surface area contributed by atoms with E-state index in [0.717, 1.165) is 19.7 Å². The smallest absolute Gasteiger partial charge is 0.257 e. The van der Waals surface area contributed by atoms with Gasteiger partial charge in [-0.3, -0.25) is 4.90 Å². The van der Waals surface area contributed by atoms with Crippen LogP contribution in [0.4, 0.5) is 0 Å². The third-order valence-electron chi connectivity index (χ3n) is 2.65. The molecular weight excluding hydrogens is 194 g/mol. The molecule has 0 spiro atoms. The predicted octanol–water partition coefficient (Wildman–Crippen LogP) is 1.16. The van der Waals surface area contributed by atoms with Gasteiger partial charge < -0.3 is 9.26 Å². The van der Waals surface area contributed by atoms with E-state index in [-0.39, 0.29) is 6.10 Å². The summed E-state index contributed by atoms with van der Waals surface area (Å²) >= 11 is 0. The molecule has 2 heterocycles. The standard InChI is InChI=1S/C10H17N3O2/c1-7(2)13-4-5-14-9(6-13)10-11-8(3)12-15-10/h7,9H,4-6H2,1-3H3. The largest absolute Gasteiger partial charge is 0.366 e. The van der Waals surface area contributed by atoms with Crippen LogP contribution in [0.1, 0.15) is 31.7 Å². The highest BCUT2D eigenvalue weighted by Crippen LogP contribution is 2.21. The van der Waals surface area contributed by atoms with Crippen molar-refractivity contribution in [2.24, 2.45) is 0 Å². The van der Waals surface area contributed by atoms with Crippen LogP contribution in [0.5, 0.6) is 0 Å². The zero-order chi connectivity index (χ0) is 10.8.